The van der Waals surface area contributed by atoms with Crippen molar-refractivity contribution in [2.45, 2.75) is 18.3 Å². The molecule has 1 aromatic heterocycles. The molecule has 6 N–H and O–H groups in total. The van der Waals surface area contributed by atoms with Crippen LogP contribution in [0, 0.1) is 0 Å². The lowest BCUT2D eigenvalue weighted by atomic mass is 10.0. The first-order valence-electron chi connectivity index (χ1n) is 8.13. The number of aromatic nitrogens is 2. The van der Waals surface area contributed by atoms with Crippen LogP contribution in [0.15, 0.2) is 17.3 Å². The number of anilines is 1. The Labute approximate surface area is 172 Å². The predicted molar refractivity (Wildman–Crippen MR) is 103 cm³/mol. The highest BCUT2D eigenvalue weighted by atomic mass is 32.2. The molecule has 1 saturated heterocycles. The third-order valence-electron chi connectivity index (χ3n) is 4.14. The molecular formula is C15H16N6O6S2. The van der Waals surface area contributed by atoms with Crippen LogP contribution >= 0.6 is 23.3 Å². The van der Waals surface area contributed by atoms with E-state index < -0.39 is 35.3 Å². The number of rotatable bonds is 6. The number of amides is 3. The number of carboxylic acids is 1. The fourth-order valence-electron chi connectivity index (χ4n) is 2.88. The second-order valence-electron chi connectivity index (χ2n) is 5.88. The minimum atomic E-state index is -1.34. The summed E-state index contributed by atoms with van der Waals surface area (Å²) in [5.74, 6) is -2.17. The Bertz CT molecular complexity index is 957. The van der Waals surface area contributed by atoms with E-state index in [1.807, 2.05) is 0 Å². The largest absolute Gasteiger partial charge is 0.477 e. The molecule has 3 amide bonds. The zero-order valence-electron chi connectivity index (χ0n) is 14.9. The maximum atomic E-state index is 12.6. The molecule has 3 rings (SSSR count). The number of hydrogen-bond acceptors (Lipinski definition) is 10. The zero-order valence-corrected chi connectivity index (χ0v) is 16.6. The number of carbonyl (C=O) groups is 4. The van der Waals surface area contributed by atoms with Gasteiger partial charge in [-0.2, -0.15) is 9.36 Å². The van der Waals surface area contributed by atoms with Gasteiger partial charge in [-0.25, -0.2) is 9.59 Å². The van der Waals surface area contributed by atoms with Crippen molar-refractivity contribution in [3.8, 4) is 0 Å². The molecule has 1 fully saturated rings. The van der Waals surface area contributed by atoms with Crippen LogP contribution in [-0.2, 0) is 19.1 Å². The second kappa shape index (κ2) is 8.08. The predicted octanol–water partition coefficient (Wildman–Crippen LogP) is -0.642. The second-order valence-corrected chi connectivity index (χ2v) is 7.77. The highest BCUT2D eigenvalue weighted by molar-refractivity contribution is 8.00. The molecule has 0 spiro atoms. The number of β-lactam (4-membered cyclic amide) rings is 1. The van der Waals surface area contributed by atoms with E-state index in [2.05, 4.69) is 19.4 Å². The van der Waals surface area contributed by atoms with Gasteiger partial charge in [0, 0.05) is 22.9 Å². The summed E-state index contributed by atoms with van der Waals surface area (Å²) in [6.07, 6.45) is 0.442. The first-order chi connectivity index (χ1) is 13.7. The third-order valence-corrected chi connectivity index (χ3v) is 6.02. The maximum absolute atomic E-state index is 12.6. The third kappa shape index (κ3) is 3.88. The molecule has 154 valence electrons. The number of aliphatic carboxylic acids is 1. The Balaban J connectivity index is 1.76. The minimum absolute atomic E-state index is 0.143. The van der Waals surface area contributed by atoms with E-state index in [-0.39, 0.29) is 40.2 Å². The summed E-state index contributed by atoms with van der Waals surface area (Å²) in [6, 6.07) is -0.925. The zero-order chi connectivity index (χ0) is 21.3. The molecule has 0 saturated carbocycles. The van der Waals surface area contributed by atoms with Crippen molar-refractivity contribution in [1.82, 2.24) is 19.6 Å². The quantitative estimate of drug-likeness (QED) is 0.327. The monoisotopic (exact) mass is 440 g/mol. The number of hydrogen-bond donors (Lipinski definition) is 4. The lowest BCUT2D eigenvalue weighted by Gasteiger charge is -2.49. The number of nitrogen functional groups attached to an aromatic ring is 1. The molecule has 14 heteroatoms. The average Bonchev–Trinajstić information content (AvgIpc) is 3.09. The number of thioether (sulfide) groups is 1. The van der Waals surface area contributed by atoms with E-state index in [1.54, 1.807) is 6.92 Å². The first-order valence-corrected chi connectivity index (χ1v) is 9.95. The van der Waals surface area contributed by atoms with Crippen molar-refractivity contribution in [1.29, 1.82) is 0 Å². The summed E-state index contributed by atoms with van der Waals surface area (Å²) in [5.41, 5.74) is 10.6. The summed E-state index contributed by atoms with van der Waals surface area (Å²) < 4.78 is 8.64. The summed E-state index contributed by atoms with van der Waals surface area (Å²) >= 11 is 2.17. The van der Waals surface area contributed by atoms with E-state index in [1.165, 1.54) is 17.8 Å². The average molecular weight is 440 g/mol. The molecule has 2 aliphatic heterocycles. The van der Waals surface area contributed by atoms with E-state index in [0.717, 1.165) is 16.4 Å². The normalized spacial score (nSPS) is 21.3. The van der Waals surface area contributed by atoms with Crippen LogP contribution in [0.4, 0.5) is 9.93 Å². The van der Waals surface area contributed by atoms with Crippen LogP contribution in [0.1, 0.15) is 12.7 Å². The molecule has 2 aliphatic rings. The van der Waals surface area contributed by atoms with Crippen molar-refractivity contribution in [3.63, 3.8) is 0 Å². The molecule has 0 bridgehead atoms. The Morgan fingerprint density at radius 1 is 1.45 bits per heavy atom. The van der Waals surface area contributed by atoms with Gasteiger partial charge < -0.3 is 26.6 Å². The van der Waals surface area contributed by atoms with Crippen LogP contribution in [0.3, 0.4) is 0 Å². The lowest BCUT2D eigenvalue weighted by molar-refractivity contribution is -0.150. The van der Waals surface area contributed by atoms with Gasteiger partial charge in [0.2, 0.25) is 0 Å². The van der Waals surface area contributed by atoms with Gasteiger partial charge in [-0.15, -0.1) is 11.8 Å². The maximum Gasteiger partial charge on any atom is 0.404 e. The smallest absolute Gasteiger partial charge is 0.404 e. The van der Waals surface area contributed by atoms with Crippen LogP contribution in [0.25, 0.3) is 5.57 Å². The first kappa shape index (κ1) is 20.6. The van der Waals surface area contributed by atoms with Crippen LogP contribution in [0.5, 0.6) is 0 Å². The van der Waals surface area contributed by atoms with Crippen molar-refractivity contribution < 1.29 is 29.0 Å². The molecular weight excluding hydrogens is 424 g/mol. The standard InChI is InChI=1S/C15H16N6O6S2/c1-2-6(9-19-14(16)29-20-9)10(22)18-7-11(23)21-8(13(24)25)5(3-27-15(17)26)4-28-12(7)21/h2,7,12H,3-4H2,1H3,(H2,17,26)(H,18,22)(H,24,25)(H2,16,19,20)/b6-2-/t7?,12-/m0/s1. The summed E-state index contributed by atoms with van der Waals surface area (Å²) in [7, 11) is 0. The van der Waals surface area contributed by atoms with Gasteiger partial charge in [0.05, 0.1) is 5.57 Å². The Morgan fingerprint density at radius 2 is 2.17 bits per heavy atom. The van der Waals surface area contributed by atoms with E-state index in [4.69, 9.17) is 11.5 Å². The molecule has 2 atom stereocenters. The number of ether oxygens (including phenoxy) is 1. The number of allylic oxidation sites excluding steroid dienone is 1. The van der Waals surface area contributed by atoms with E-state index >= 15 is 0 Å². The van der Waals surface area contributed by atoms with Gasteiger partial charge in [-0.1, -0.05) is 6.08 Å². The number of nitrogens with two attached hydrogens (primary N) is 2. The summed E-state index contributed by atoms with van der Waals surface area (Å²) in [4.78, 5) is 52.6. The molecule has 0 aromatic carbocycles. The van der Waals surface area contributed by atoms with Gasteiger partial charge >= 0.3 is 12.1 Å². The Hall–Kier alpha value is -3.13. The van der Waals surface area contributed by atoms with Gasteiger partial charge in [-0.05, 0) is 6.92 Å². The molecule has 1 unspecified atom stereocenters. The van der Waals surface area contributed by atoms with Gasteiger partial charge in [0.1, 0.15) is 23.7 Å². The molecule has 29 heavy (non-hydrogen) atoms. The van der Waals surface area contributed by atoms with Crippen molar-refractivity contribution in [3.05, 3.63) is 23.2 Å². The lowest BCUT2D eigenvalue weighted by Crippen LogP contribution is -2.70. The summed E-state index contributed by atoms with van der Waals surface area (Å²) in [6.45, 7) is 1.28. The SMILES string of the molecule is C/C=C(\C(=O)NC1C(=O)N2C(C(=O)O)=C(COC(N)=O)CS[C@@H]12)c1nsc(N)n1. The van der Waals surface area contributed by atoms with Crippen molar-refractivity contribution >= 4 is 57.9 Å². The van der Waals surface area contributed by atoms with Crippen LogP contribution in [-0.4, -0.2) is 67.0 Å². The van der Waals surface area contributed by atoms with Crippen molar-refractivity contribution in [2.24, 2.45) is 5.73 Å². The number of fused-ring (bicyclic) bond motifs is 1. The fraction of sp³-hybridized carbons (Fsp3) is 0.333. The molecule has 3 heterocycles. The molecule has 1 aromatic rings. The minimum Gasteiger partial charge on any atom is -0.477 e. The van der Waals surface area contributed by atoms with Crippen LogP contribution < -0.4 is 16.8 Å². The van der Waals surface area contributed by atoms with E-state index in [9.17, 15) is 24.3 Å². The number of carboxylic acid groups (broad SMARTS) is 1. The fourth-order valence-corrected chi connectivity index (χ4v) is 4.65. The highest BCUT2D eigenvalue weighted by Gasteiger charge is 2.54. The Kier molecular flexibility index (Phi) is 5.74. The van der Waals surface area contributed by atoms with Gasteiger partial charge in [-0.3, -0.25) is 14.5 Å². The summed E-state index contributed by atoms with van der Waals surface area (Å²) in [5, 5.41) is 11.7. The molecule has 12 nitrogen and oxygen atoms in total. The van der Waals surface area contributed by atoms with Gasteiger partial charge in [0.25, 0.3) is 11.8 Å². The number of nitrogens with zero attached hydrogens (tertiary/aromatic N) is 3. The van der Waals surface area contributed by atoms with Crippen molar-refractivity contribution in [2.75, 3.05) is 18.1 Å². The Morgan fingerprint density at radius 3 is 2.72 bits per heavy atom. The van der Waals surface area contributed by atoms with Crippen LogP contribution in [0.2, 0.25) is 0 Å². The molecule has 0 aliphatic carbocycles. The number of carbonyl (C=O) groups excluding carboxylic acids is 3. The topological polar surface area (TPSA) is 191 Å². The molecule has 0 radical (unpaired) electrons. The van der Waals surface area contributed by atoms with Gasteiger partial charge in [0.15, 0.2) is 11.0 Å². The number of nitrogens with one attached hydrogen (secondary N) is 1. The van der Waals surface area contributed by atoms with E-state index in [0.29, 0.717) is 0 Å². The highest BCUT2D eigenvalue weighted by Crippen LogP contribution is 2.40. The number of primary amides is 1.